The Morgan fingerprint density at radius 1 is 1.53 bits per heavy atom. The molecular weight excluding hydrogens is 219 g/mol. The maximum absolute atomic E-state index is 13.4. The van der Waals surface area contributed by atoms with Crippen molar-refractivity contribution >= 4 is 5.69 Å². The third-order valence-corrected chi connectivity index (χ3v) is 3.20. The fourth-order valence-corrected chi connectivity index (χ4v) is 2.16. The molecule has 2 rings (SSSR count). The Kier molecular flexibility index (Phi) is 4.20. The average molecular weight is 238 g/mol. The Bertz CT molecular complexity index is 364. The number of hydrogen-bond acceptors (Lipinski definition) is 3. The molecule has 1 fully saturated rings. The first-order chi connectivity index (χ1) is 8.29. The zero-order valence-electron chi connectivity index (χ0n) is 10.1. The molecule has 0 bridgehead atoms. The van der Waals surface area contributed by atoms with Crippen molar-refractivity contribution in [2.75, 3.05) is 32.1 Å². The van der Waals surface area contributed by atoms with Crippen LogP contribution in [0.25, 0.3) is 0 Å². The van der Waals surface area contributed by atoms with Crippen LogP contribution in [-0.2, 0) is 0 Å². The van der Waals surface area contributed by atoms with E-state index < -0.39 is 0 Å². The minimum atomic E-state index is -0.319. The smallest absolute Gasteiger partial charge is 0.167 e. The van der Waals surface area contributed by atoms with Crippen molar-refractivity contribution < 1.29 is 9.13 Å². The van der Waals surface area contributed by atoms with Crippen molar-refractivity contribution in [1.29, 1.82) is 0 Å². The summed E-state index contributed by atoms with van der Waals surface area (Å²) < 4.78 is 18.3. The summed E-state index contributed by atoms with van der Waals surface area (Å²) in [4.78, 5) is 0. The van der Waals surface area contributed by atoms with Crippen LogP contribution >= 0.6 is 0 Å². The summed E-state index contributed by atoms with van der Waals surface area (Å²) in [6.45, 7) is 3.12. The molecule has 3 nitrogen and oxygen atoms in total. The lowest BCUT2D eigenvalue weighted by atomic mass is 10.1. The van der Waals surface area contributed by atoms with Crippen molar-refractivity contribution in [3.05, 3.63) is 24.0 Å². The molecule has 1 atom stereocenters. The molecule has 1 unspecified atom stereocenters. The monoisotopic (exact) mass is 238 g/mol. The lowest BCUT2D eigenvalue weighted by molar-refractivity contribution is 0.386. The van der Waals surface area contributed by atoms with Crippen molar-refractivity contribution in [2.45, 2.75) is 12.8 Å². The Hall–Kier alpha value is -1.29. The predicted octanol–water partition coefficient (Wildman–Crippen LogP) is 2.25. The van der Waals surface area contributed by atoms with Gasteiger partial charge < -0.3 is 15.4 Å². The third-order valence-electron chi connectivity index (χ3n) is 3.20. The standard InChI is InChI=1S/C13H19FN2O/c1-17-13-3-2-11(8-12(13)14)16-7-5-10-4-6-15-9-10/h2-3,8,10,15-16H,4-7,9H2,1H3. The van der Waals surface area contributed by atoms with Crippen LogP contribution in [0, 0.1) is 11.7 Å². The van der Waals surface area contributed by atoms with E-state index in [-0.39, 0.29) is 11.6 Å². The van der Waals surface area contributed by atoms with Gasteiger partial charge in [-0.05, 0) is 44.0 Å². The number of methoxy groups -OCH3 is 1. The van der Waals surface area contributed by atoms with Gasteiger partial charge in [0.1, 0.15) is 0 Å². The van der Waals surface area contributed by atoms with Crippen LogP contribution in [0.15, 0.2) is 18.2 Å². The normalized spacial score (nSPS) is 19.3. The quantitative estimate of drug-likeness (QED) is 0.825. The highest BCUT2D eigenvalue weighted by molar-refractivity contribution is 5.47. The van der Waals surface area contributed by atoms with Crippen LogP contribution in [0.2, 0.25) is 0 Å². The number of halogens is 1. The molecule has 1 saturated heterocycles. The average Bonchev–Trinajstić information content (AvgIpc) is 2.82. The van der Waals surface area contributed by atoms with Crippen LogP contribution in [0.4, 0.5) is 10.1 Å². The molecule has 0 aliphatic carbocycles. The third kappa shape index (κ3) is 3.33. The molecule has 1 aliphatic heterocycles. The molecule has 1 aromatic carbocycles. The number of ether oxygens (including phenoxy) is 1. The van der Waals surface area contributed by atoms with Gasteiger partial charge in [0.05, 0.1) is 7.11 Å². The van der Waals surface area contributed by atoms with Crippen molar-refractivity contribution in [3.8, 4) is 5.75 Å². The van der Waals surface area contributed by atoms with E-state index in [4.69, 9.17) is 4.74 Å². The maximum Gasteiger partial charge on any atom is 0.167 e. The largest absolute Gasteiger partial charge is 0.494 e. The molecule has 94 valence electrons. The first-order valence-corrected chi connectivity index (χ1v) is 6.07. The summed E-state index contributed by atoms with van der Waals surface area (Å²) in [6, 6.07) is 4.97. The molecule has 0 saturated carbocycles. The summed E-state index contributed by atoms with van der Waals surface area (Å²) in [6.07, 6.45) is 2.37. The molecule has 1 heterocycles. The van der Waals surface area contributed by atoms with E-state index in [0.717, 1.165) is 37.7 Å². The second-order valence-corrected chi connectivity index (χ2v) is 4.42. The van der Waals surface area contributed by atoms with Gasteiger partial charge in [0.15, 0.2) is 11.6 Å². The maximum atomic E-state index is 13.4. The number of rotatable bonds is 5. The van der Waals surface area contributed by atoms with Gasteiger partial charge in [-0.1, -0.05) is 0 Å². The molecule has 17 heavy (non-hydrogen) atoms. The van der Waals surface area contributed by atoms with E-state index in [1.807, 2.05) is 6.07 Å². The number of anilines is 1. The van der Waals surface area contributed by atoms with E-state index >= 15 is 0 Å². The van der Waals surface area contributed by atoms with E-state index in [2.05, 4.69) is 10.6 Å². The Labute approximate surface area is 101 Å². The first-order valence-electron chi connectivity index (χ1n) is 6.07. The molecular formula is C13H19FN2O. The van der Waals surface area contributed by atoms with Crippen LogP contribution in [0.1, 0.15) is 12.8 Å². The Morgan fingerprint density at radius 2 is 2.41 bits per heavy atom. The predicted molar refractivity (Wildman–Crippen MR) is 67.0 cm³/mol. The fraction of sp³-hybridized carbons (Fsp3) is 0.538. The topological polar surface area (TPSA) is 33.3 Å². The molecule has 1 aliphatic rings. The zero-order chi connectivity index (χ0) is 12.1. The van der Waals surface area contributed by atoms with Gasteiger partial charge in [-0.3, -0.25) is 0 Å². The summed E-state index contributed by atoms with van der Waals surface area (Å²) in [7, 11) is 1.47. The van der Waals surface area contributed by atoms with E-state index in [9.17, 15) is 4.39 Å². The number of benzene rings is 1. The first kappa shape index (κ1) is 12.2. The molecule has 0 radical (unpaired) electrons. The summed E-state index contributed by atoms with van der Waals surface area (Å²) in [5, 5.41) is 6.58. The van der Waals surface area contributed by atoms with E-state index in [1.165, 1.54) is 19.6 Å². The Balaban J connectivity index is 1.80. The molecule has 2 N–H and O–H groups in total. The van der Waals surface area contributed by atoms with Crippen molar-refractivity contribution in [3.63, 3.8) is 0 Å². The van der Waals surface area contributed by atoms with Gasteiger partial charge in [-0.15, -0.1) is 0 Å². The van der Waals surface area contributed by atoms with Gasteiger partial charge in [-0.2, -0.15) is 0 Å². The number of hydrogen-bond donors (Lipinski definition) is 2. The fourth-order valence-electron chi connectivity index (χ4n) is 2.16. The number of nitrogens with one attached hydrogen (secondary N) is 2. The van der Waals surface area contributed by atoms with Crippen LogP contribution in [0.5, 0.6) is 5.75 Å². The lowest BCUT2D eigenvalue weighted by Crippen LogP contribution is -2.12. The van der Waals surface area contributed by atoms with E-state index in [0.29, 0.717) is 0 Å². The minimum absolute atomic E-state index is 0.288. The second kappa shape index (κ2) is 5.87. The van der Waals surface area contributed by atoms with E-state index in [1.54, 1.807) is 6.07 Å². The van der Waals surface area contributed by atoms with Gasteiger partial charge in [0.25, 0.3) is 0 Å². The van der Waals surface area contributed by atoms with Crippen LogP contribution in [-0.4, -0.2) is 26.7 Å². The molecule has 4 heteroatoms. The molecule has 0 aromatic heterocycles. The highest BCUT2D eigenvalue weighted by atomic mass is 19.1. The summed E-state index contributed by atoms with van der Waals surface area (Å²) in [5.41, 5.74) is 0.814. The summed E-state index contributed by atoms with van der Waals surface area (Å²) >= 11 is 0. The second-order valence-electron chi connectivity index (χ2n) is 4.42. The van der Waals surface area contributed by atoms with Gasteiger partial charge in [-0.25, -0.2) is 4.39 Å². The van der Waals surface area contributed by atoms with Crippen molar-refractivity contribution in [1.82, 2.24) is 5.32 Å². The molecule has 0 spiro atoms. The molecule has 1 aromatic rings. The minimum Gasteiger partial charge on any atom is -0.494 e. The highest BCUT2D eigenvalue weighted by Gasteiger charge is 2.13. The van der Waals surface area contributed by atoms with Gasteiger partial charge in [0.2, 0.25) is 0 Å². The van der Waals surface area contributed by atoms with Crippen molar-refractivity contribution in [2.24, 2.45) is 5.92 Å². The SMILES string of the molecule is COc1ccc(NCCC2CCNC2)cc1F. The zero-order valence-corrected chi connectivity index (χ0v) is 10.1. The Morgan fingerprint density at radius 3 is 3.06 bits per heavy atom. The van der Waals surface area contributed by atoms with Gasteiger partial charge in [0, 0.05) is 18.3 Å². The lowest BCUT2D eigenvalue weighted by Gasteiger charge is -2.11. The molecule has 0 amide bonds. The summed E-state index contributed by atoms with van der Waals surface area (Å²) in [5.74, 6) is 0.723. The van der Waals surface area contributed by atoms with Crippen LogP contribution < -0.4 is 15.4 Å². The highest BCUT2D eigenvalue weighted by Crippen LogP contribution is 2.21. The van der Waals surface area contributed by atoms with Crippen LogP contribution in [0.3, 0.4) is 0 Å². The van der Waals surface area contributed by atoms with Gasteiger partial charge >= 0.3 is 0 Å².